The van der Waals surface area contributed by atoms with Gasteiger partial charge in [-0.15, -0.1) is 5.56 Å². The molecule has 4 rings (SSSR count). The number of rotatable bonds is 4. The first-order valence-corrected chi connectivity index (χ1v) is 13.8. The van der Waals surface area contributed by atoms with Crippen molar-refractivity contribution in [3.05, 3.63) is 100 Å². The van der Waals surface area contributed by atoms with Crippen molar-refractivity contribution in [2.75, 3.05) is 37.0 Å². The summed E-state index contributed by atoms with van der Waals surface area (Å²) in [7, 11) is 8.60. The van der Waals surface area contributed by atoms with Crippen LogP contribution in [0.5, 0.6) is 0 Å². The van der Waals surface area contributed by atoms with Crippen LogP contribution in [0.1, 0.15) is 38.9 Å². The number of hydrogen-bond donors (Lipinski definition) is 0. The maximum atomic E-state index is 4.49. The summed E-state index contributed by atoms with van der Waals surface area (Å²) in [5, 5.41) is 0. The van der Waals surface area contributed by atoms with Gasteiger partial charge < -0.3 is 14.7 Å². The van der Waals surface area contributed by atoms with Crippen molar-refractivity contribution in [3.63, 3.8) is 0 Å². The van der Waals surface area contributed by atoms with Gasteiger partial charge in [0.2, 0.25) is 6.67 Å². The van der Waals surface area contributed by atoms with Crippen LogP contribution in [0.25, 0.3) is 0 Å². The molecule has 2 radical (unpaired) electrons. The van der Waals surface area contributed by atoms with Gasteiger partial charge in [-0.1, -0.05) is 35.4 Å². The molecule has 0 aliphatic carbocycles. The molecule has 1 heterocycles. The molecule has 0 amide bonds. The zero-order valence-electron chi connectivity index (χ0n) is 22.3. The molecule has 0 atom stereocenters. The molecule has 0 unspecified atom stereocenters. The van der Waals surface area contributed by atoms with E-state index in [2.05, 4.69) is 141 Å². The van der Waals surface area contributed by atoms with E-state index in [9.17, 15) is 0 Å². The Morgan fingerprint density at radius 1 is 0.800 bits per heavy atom. The third-order valence-corrected chi connectivity index (χ3v) is 5.86. The van der Waals surface area contributed by atoms with E-state index in [1.807, 2.05) is 18.2 Å². The first-order valence-electron chi connectivity index (χ1n) is 11.8. The topological polar surface area (TPSA) is 9.72 Å². The SMILES string of the molecule is CN(C)Cc1[c-]cccc1.Cc1cc(C)c(N2[C]N(c3c(C)cc(C)cc3C)CC2)c(C)c1.[Cl][Pd+]. The second-order valence-electron chi connectivity index (χ2n) is 9.52. The van der Waals surface area contributed by atoms with Gasteiger partial charge in [-0.05, 0) is 77.9 Å². The van der Waals surface area contributed by atoms with Gasteiger partial charge in [0.15, 0.2) is 0 Å². The number of halogens is 1. The normalized spacial score (nSPS) is 12.8. The van der Waals surface area contributed by atoms with Crippen LogP contribution in [0.2, 0.25) is 0 Å². The van der Waals surface area contributed by atoms with Gasteiger partial charge in [0.05, 0.1) is 0 Å². The predicted molar refractivity (Wildman–Crippen MR) is 148 cm³/mol. The van der Waals surface area contributed by atoms with Crippen molar-refractivity contribution in [1.82, 2.24) is 4.90 Å². The number of benzene rings is 3. The van der Waals surface area contributed by atoms with E-state index in [4.69, 9.17) is 0 Å². The van der Waals surface area contributed by atoms with E-state index in [1.165, 1.54) is 50.3 Å². The van der Waals surface area contributed by atoms with E-state index >= 15 is 0 Å². The molecule has 3 aromatic carbocycles. The Morgan fingerprint density at radius 3 is 1.57 bits per heavy atom. The third-order valence-electron chi connectivity index (χ3n) is 5.86. The Kier molecular flexibility index (Phi) is 11.8. The molecule has 1 saturated heterocycles. The van der Waals surface area contributed by atoms with E-state index < -0.39 is 0 Å². The van der Waals surface area contributed by atoms with Gasteiger partial charge in [0.1, 0.15) is 0 Å². The molecule has 0 aromatic heterocycles. The zero-order chi connectivity index (χ0) is 26.1. The second-order valence-corrected chi connectivity index (χ2v) is 9.52. The van der Waals surface area contributed by atoms with Gasteiger partial charge in [-0.2, -0.15) is 30.3 Å². The Bertz CT molecular complexity index is 973. The maximum absolute atomic E-state index is 4.49. The Hall–Kier alpha value is -1.83. The summed E-state index contributed by atoms with van der Waals surface area (Å²) in [6, 6.07) is 20.2. The van der Waals surface area contributed by atoms with Crippen molar-refractivity contribution in [1.29, 1.82) is 0 Å². The van der Waals surface area contributed by atoms with E-state index in [0.717, 1.165) is 19.6 Å². The molecular weight excluding hydrogens is 544 g/mol. The Labute approximate surface area is 228 Å². The fourth-order valence-corrected chi connectivity index (χ4v) is 4.84. The summed E-state index contributed by atoms with van der Waals surface area (Å²) >= 11 is 2.22. The predicted octanol–water partition coefficient (Wildman–Crippen LogP) is 7.10. The van der Waals surface area contributed by atoms with Gasteiger partial charge in [0, 0.05) is 31.0 Å². The van der Waals surface area contributed by atoms with Crippen LogP contribution >= 0.6 is 9.53 Å². The molecule has 0 saturated carbocycles. The Morgan fingerprint density at radius 2 is 1.23 bits per heavy atom. The number of nitrogens with zero attached hydrogens (tertiary/aromatic N) is 3. The molecule has 1 aliphatic rings. The number of anilines is 2. The summed E-state index contributed by atoms with van der Waals surface area (Å²) in [4.78, 5) is 6.69. The van der Waals surface area contributed by atoms with Crippen molar-refractivity contribution >= 4 is 20.9 Å². The standard InChI is InChI=1S/C21H26N2.C9H12N.ClH.Pd/c1-14-9-16(3)20(17(4)10-14)22-7-8-23(13-22)21-18(5)11-15(2)12-19(21)6;1-10(2)8-9-6-4-3-5-7-9;;/h9-12H,7-8H2,1-6H3;3-6H,8H2,1-2H3;1H;/q;-1;;+2/p-1. The molecule has 1 fully saturated rings. The zero-order valence-corrected chi connectivity index (χ0v) is 24.6. The average Bonchev–Trinajstić information content (AvgIpc) is 3.23. The van der Waals surface area contributed by atoms with Gasteiger partial charge >= 0.3 is 27.7 Å². The summed E-state index contributed by atoms with van der Waals surface area (Å²) in [5.74, 6) is 0. The quantitative estimate of drug-likeness (QED) is 0.240. The summed E-state index contributed by atoms with van der Waals surface area (Å²) in [5.41, 5.74) is 11.8. The van der Waals surface area contributed by atoms with Crippen LogP contribution in [0.4, 0.5) is 11.4 Å². The van der Waals surface area contributed by atoms with Gasteiger partial charge in [-0.3, -0.25) is 0 Å². The molecule has 3 aromatic rings. The monoisotopic (exact) mass is 581 g/mol. The minimum atomic E-state index is 0.973. The van der Waals surface area contributed by atoms with Gasteiger partial charge in [-0.25, -0.2) is 0 Å². The first-order chi connectivity index (χ1) is 16.7. The van der Waals surface area contributed by atoms with Crippen LogP contribution in [0, 0.1) is 54.3 Å². The van der Waals surface area contributed by atoms with Crippen molar-refractivity contribution < 1.29 is 18.2 Å². The minimum absolute atomic E-state index is 0.973. The van der Waals surface area contributed by atoms with Crippen LogP contribution in [-0.4, -0.2) is 32.1 Å². The molecule has 0 N–H and O–H groups in total. The first kappa shape index (κ1) is 29.4. The molecule has 190 valence electrons. The Balaban J connectivity index is 0.000000302. The summed E-state index contributed by atoms with van der Waals surface area (Å²) in [6.07, 6.45) is 0. The summed E-state index contributed by atoms with van der Waals surface area (Å²) < 4.78 is 0. The van der Waals surface area contributed by atoms with Crippen molar-refractivity contribution in [2.45, 2.75) is 48.1 Å². The number of hydrogen-bond acceptors (Lipinski definition) is 3. The molecule has 0 bridgehead atoms. The van der Waals surface area contributed by atoms with Crippen LogP contribution in [0.3, 0.4) is 0 Å². The fourth-order valence-electron chi connectivity index (χ4n) is 4.84. The van der Waals surface area contributed by atoms with E-state index in [1.54, 1.807) is 0 Å². The average molecular weight is 583 g/mol. The van der Waals surface area contributed by atoms with Gasteiger partial charge in [0.25, 0.3) is 0 Å². The summed E-state index contributed by atoms with van der Waals surface area (Å²) in [6.45, 7) is 19.6. The molecule has 1 aliphatic heterocycles. The third kappa shape index (κ3) is 8.36. The second kappa shape index (κ2) is 14.0. The van der Waals surface area contributed by atoms with E-state index in [0.29, 0.717) is 0 Å². The fraction of sp³-hybridized carbons (Fsp3) is 0.367. The number of aryl methyl sites for hydroxylation is 6. The van der Waals surface area contributed by atoms with Crippen LogP contribution in [-0.2, 0) is 24.7 Å². The van der Waals surface area contributed by atoms with Crippen LogP contribution in [0.15, 0.2) is 48.5 Å². The van der Waals surface area contributed by atoms with E-state index in [-0.39, 0.29) is 0 Å². The molecule has 5 heteroatoms. The molecule has 0 spiro atoms. The molecule has 3 nitrogen and oxygen atoms in total. The molecular formula is C30H38ClN3Pd. The van der Waals surface area contributed by atoms with Crippen LogP contribution < -0.4 is 9.80 Å². The molecule has 35 heavy (non-hydrogen) atoms. The van der Waals surface area contributed by atoms with Crippen molar-refractivity contribution in [2.24, 2.45) is 0 Å². The van der Waals surface area contributed by atoms with Crippen molar-refractivity contribution in [3.8, 4) is 0 Å².